The summed E-state index contributed by atoms with van der Waals surface area (Å²) in [5.41, 5.74) is 0. The van der Waals surface area contributed by atoms with Gasteiger partial charge in [0.1, 0.15) is 12.5 Å². The van der Waals surface area contributed by atoms with Gasteiger partial charge in [-0.2, -0.15) is 0 Å². The van der Waals surface area contributed by atoms with E-state index in [-0.39, 0.29) is 17.5 Å². The smallest absolute Gasteiger partial charge is 0.342 e. The Bertz CT molecular complexity index is 593. The standard InChI is InChI=1S/C8H8N4O5S/c1-11-5(12(13)14)4-10-7(11)6(18(15)16)8-9-2-3-17-8/h2-4,6H,1H3,(H,15,16)/p-1. The van der Waals surface area contributed by atoms with Crippen LogP contribution >= 0.6 is 0 Å². The highest BCUT2D eigenvalue weighted by molar-refractivity contribution is 7.79. The summed E-state index contributed by atoms with van der Waals surface area (Å²) in [6.45, 7) is 0. The minimum absolute atomic E-state index is 0.0301. The van der Waals surface area contributed by atoms with E-state index in [1.807, 2.05) is 0 Å². The summed E-state index contributed by atoms with van der Waals surface area (Å²) in [5, 5.41) is 9.39. The summed E-state index contributed by atoms with van der Waals surface area (Å²) in [7, 11) is 1.35. The van der Waals surface area contributed by atoms with E-state index in [0.717, 1.165) is 10.8 Å². The van der Waals surface area contributed by atoms with Crippen molar-refractivity contribution >= 4 is 16.9 Å². The first-order valence-electron chi connectivity index (χ1n) is 4.66. The minimum Gasteiger partial charge on any atom is -0.771 e. The van der Waals surface area contributed by atoms with Gasteiger partial charge in [0.05, 0.1) is 13.2 Å². The van der Waals surface area contributed by atoms with Gasteiger partial charge in [0, 0.05) is 0 Å². The van der Waals surface area contributed by atoms with Crippen LogP contribution in [-0.4, -0.2) is 28.2 Å². The van der Waals surface area contributed by atoms with Crippen molar-refractivity contribution in [3.8, 4) is 0 Å². The first-order chi connectivity index (χ1) is 8.52. The second-order valence-corrected chi connectivity index (χ2v) is 4.29. The first kappa shape index (κ1) is 12.4. The molecule has 0 aromatic carbocycles. The molecule has 96 valence electrons. The molecule has 0 fully saturated rings. The molecule has 2 heterocycles. The largest absolute Gasteiger partial charge is 0.771 e. The Morgan fingerprint density at radius 2 is 2.28 bits per heavy atom. The number of imidazole rings is 1. The van der Waals surface area contributed by atoms with E-state index in [1.54, 1.807) is 0 Å². The molecule has 0 aliphatic rings. The summed E-state index contributed by atoms with van der Waals surface area (Å²) in [5.74, 6) is -0.434. The van der Waals surface area contributed by atoms with E-state index >= 15 is 0 Å². The first-order valence-corrected chi connectivity index (χ1v) is 5.79. The molecular formula is C8H7N4O5S-. The van der Waals surface area contributed by atoms with Crippen LogP contribution < -0.4 is 0 Å². The molecular weight excluding hydrogens is 264 g/mol. The molecule has 9 nitrogen and oxygen atoms in total. The number of rotatable bonds is 4. The lowest BCUT2D eigenvalue weighted by Crippen LogP contribution is -2.14. The van der Waals surface area contributed by atoms with Crippen LogP contribution in [0.4, 0.5) is 5.82 Å². The Balaban J connectivity index is 2.51. The molecule has 0 aliphatic heterocycles. The Hall–Kier alpha value is -2.07. The van der Waals surface area contributed by atoms with E-state index in [4.69, 9.17) is 4.42 Å². The number of oxazole rings is 1. The number of nitro groups is 1. The minimum atomic E-state index is -2.61. The maximum absolute atomic E-state index is 11.2. The number of aromatic nitrogens is 3. The molecule has 0 N–H and O–H groups in total. The number of nitrogens with zero attached hydrogens (tertiary/aromatic N) is 4. The molecule has 10 heteroatoms. The monoisotopic (exact) mass is 271 g/mol. The highest BCUT2D eigenvalue weighted by Crippen LogP contribution is 2.27. The van der Waals surface area contributed by atoms with Gasteiger partial charge >= 0.3 is 5.82 Å². The highest BCUT2D eigenvalue weighted by atomic mass is 32.2. The van der Waals surface area contributed by atoms with Crippen molar-refractivity contribution in [2.24, 2.45) is 7.05 Å². The second-order valence-electron chi connectivity index (χ2n) is 3.30. The molecule has 0 bridgehead atoms. The van der Waals surface area contributed by atoms with Crippen LogP contribution in [0.2, 0.25) is 0 Å². The molecule has 2 aromatic rings. The van der Waals surface area contributed by atoms with Crippen molar-refractivity contribution in [1.29, 1.82) is 0 Å². The molecule has 0 radical (unpaired) electrons. The molecule has 2 aromatic heterocycles. The Morgan fingerprint density at radius 1 is 1.56 bits per heavy atom. The Morgan fingerprint density at radius 3 is 2.72 bits per heavy atom. The average Bonchev–Trinajstić information content (AvgIpc) is 2.90. The SMILES string of the molecule is Cn1c([N+](=O)[O-])cnc1C(c1ncco1)S(=O)[O-]. The van der Waals surface area contributed by atoms with Crippen LogP contribution in [0.1, 0.15) is 17.0 Å². The number of hydrogen-bond acceptors (Lipinski definition) is 7. The zero-order valence-electron chi connectivity index (χ0n) is 9.05. The van der Waals surface area contributed by atoms with Crippen molar-refractivity contribution in [2.45, 2.75) is 5.25 Å². The third-order valence-corrected chi connectivity index (χ3v) is 3.09. The molecule has 0 saturated carbocycles. The van der Waals surface area contributed by atoms with Crippen LogP contribution in [0.3, 0.4) is 0 Å². The van der Waals surface area contributed by atoms with Crippen molar-refractivity contribution in [3.05, 3.63) is 40.5 Å². The fourth-order valence-corrected chi connectivity index (χ4v) is 2.14. The van der Waals surface area contributed by atoms with Crippen LogP contribution in [0.5, 0.6) is 0 Å². The normalized spacial score (nSPS) is 14.3. The Labute approximate surface area is 103 Å². The van der Waals surface area contributed by atoms with Gasteiger partial charge in [0.15, 0.2) is 5.25 Å². The lowest BCUT2D eigenvalue weighted by molar-refractivity contribution is -0.391. The van der Waals surface area contributed by atoms with Crippen LogP contribution in [0.15, 0.2) is 23.1 Å². The maximum atomic E-state index is 11.2. The van der Waals surface area contributed by atoms with Gasteiger partial charge in [-0.15, -0.1) is 0 Å². The van der Waals surface area contributed by atoms with Crippen molar-refractivity contribution in [3.63, 3.8) is 0 Å². The summed E-state index contributed by atoms with van der Waals surface area (Å²) in [4.78, 5) is 17.5. The van der Waals surface area contributed by atoms with Gasteiger partial charge in [0.2, 0.25) is 11.7 Å². The van der Waals surface area contributed by atoms with Crippen molar-refractivity contribution < 1.29 is 18.1 Å². The van der Waals surface area contributed by atoms with Gasteiger partial charge in [0.25, 0.3) is 0 Å². The fourth-order valence-electron chi connectivity index (χ4n) is 1.47. The summed E-state index contributed by atoms with van der Waals surface area (Å²) < 4.78 is 28.4. The van der Waals surface area contributed by atoms with E-state index < -0.39 is 21.3 Å². The van der Waals surface area contributed by atoms with Gasteiger partial charge in [-0.05, 0) is 16.0 Å². The topological polar surface area (TPSA) is 127 Å². The lowest BCUT2D eigenvalue weighted by atomic mass is 10.4. The average molecular weight is 271 g/mol. The van der Waals surface area contributed by atoms with Gasteiger partial charge < -0.3 is 19.1 Å². The van der Waals surface area contributed by atoms with Crippen LogP contribution in [0, 0.1) is 10.1 Å². The second kappa shape index (κ2) is 4.66. The maximum Gasteiger partial charge on any atom is 0.342 e. The third-order valence-electron chi connectivity index (χ3n) is 2.29. The van der Waals surface area contributed by atoms with E-state index in [0.29, 0.717) is 0 Å². The molecule has 0 aliphatic carbocycles. The lowest BCUT2D eigenvalue weighted by Gasteiger charge is -2.13. The molecule has 0 amide bonds. The predicted octanol–water partition coefficient (Wildman–Crippen LogP) is 0.285. The van der Waals surface area contributed by atoms with Crippen LogP contribution in [0.25, 0.3) is 0 Å². The molecule has 0 spiro atoms. The molecule has 18 heavy (non-hydrogen) atoms. The van der Waals surface area contributed by atoms with E-state index in [1.165, 1.54) is 19.5 Å². The van der Waals surface area contributed by atoms with Gasteiger partial charge in [-0.25, -0.2) is 14.5 Å². The zero-order valence-corrected chi connectivity index (χ0v) is 9.86. The fraction of sp³-hybridized carbons (Fsp3) is 0.250. The van der Waals surface area contributed by atoms with Gasteiger partial charge in [-0.1, -0.05) is 0 Å². The molecule has 0 saturated heterocycles. The Kier molecular flexibility index (Phi) is 3.21. The van der Waals surface area contributed by atoms with Crippen molar-refractivity contribution in [2.75, 3.05) is 0 Å². The van der Waals surface area contributed by atoms with E-state index in [2.05, 4.69) is 9.97 Å². The van der Waals surface area contributed by atoms with Gasteiger partial charge in [-0.3, -0.25) is 4.21 Å². The molecule has 2 atom stereocenters. The van der Waals surface area contributed by atoms with Crippen LogP contribution in [-0.2, 0) is 18.1 Å². The van der Waals surface area contributed by atoms with Crippen molar-refractivity contribution in [1.82, 2.24) is 14.5 Å². The summed E-state index contributed by atoms with van der Waals surface area (Å²) >= 11 is -2.61. The predicted molar refractivity (Wildman–Crippen MR) is 57.1 cm³/mol. The number of hydrogen-bond donors (Lipinski definition) is 0. The third kappa shape index (κ3) is 2.02. The molecule has 2 rings (SSSR count). The highest BCUT2D eigenvalue weighted by Gasteiger charge is 2.30. The zero-order chi connectivity index (χ0) is 13.3. The molecule has 2 unspecified atom stereocenters. The van der Waals surface area contributed by atoms with E-state index in [9.17, 15) is 18.9 Å². The quantitative estimate of drug-likeness (QED) is 0.444. The summed E-state index contributed by atoms with van der Waals surface area (Å²) in [6, 6.07) is 0. The summed E-state index contributed by atoms with van der Waals surface area (Å²) in [6.07, 6.45) is 3.48.